The van der Waals surface area contributed by atoms with Crippen LogP contribution in [0.2, 0.25) is 0 Å². The van der Waals surface area contributed by atoms with Gasteiger partial charge in [0.25, 0.3) is 0 Å². The van der Waals surface area contributed by atoms with E-state index >= 15 is 0 Å². The van der Waals surface area contributed by atoms with Crippen molar-refractivity contribution in [2.75, 3.05) is 5.73 Å². The lowest BCUT2D eigenvalue weighted by Crippen LogP contribution is -2.24. The highest BCUT2D eigenvalue weighted by atomic mass is 16.3. The van der Waals surface area contributed by atoms with E-state index in [1.54, 1.807) is 6.92 Å². The van der Waals surface area contributed by atoms with E-state index in [1.165, 1.54) is 0 Å². The molecular weight excluding hydrogens is 164 g/mol. The Morgan fingerprint density at radius 2 is 2.00 bits per heavy atom. The first-order valence-corrected chi connectivity index (χ1v) is 4.32. The van der Waals surface area contributed by atoms with Gasteiger partial charge < -0.3 is 16.6 Å². The van der Waals surface area contributed by atoms with E-state index in [9.17, 15) is 5.11 Å². The van der Waals surface area contributed by atoms with Gasteiger partial charge in [0.1, 0.15) is 0 Å². The first-order chi connectivity index (χ1) is 6.02. The van der Waals surface area contributed by atoms with E-state index < -0.39 is 12.1 Å². The molecule has 0 spiro atoms. The Balaban J connectivity index is 3.01. The van der Waals surface area contributed by atoms with Crippen LogP contribution in [0.1, 0.15) is 24.1 Å². The van der Waals surface area contributed by atoms with E-state index in [2.05, 4.69) is 0 Å². The van der Waals surface area contributed by atoms with Crippen LogP contribution in [0.15, 0.2) is 18.2 Å². The van der Waals surface area contributed by atoms with Gasteiger partial charge in [0.2, 0.25) is 0 Å². The zero-order chi connectivity index (χ0) is 10.0. The number of nitrogens with two attached hydrogens (primary N) is 2. The molecule has 5 N–H and O–H groups in total. The van der Waals surface area contributed by atoms with Gasteiger partial charge in [-0.3, -0.25) is 0 Å². The van der Waals surface area contributed by atoms with Crippen molar-refractivity contribution >= 4 is 5.69 Å². The minimum atomic E-state index is -0.579. The van der Waals surface area contributed by atoms with Gasteiger partial charge in [0, 0.05) is 5.69 Å². The Morgan fingerprint density at radius 1 is 1.38 bits per heavy atom. The number of hydrogen-bond donors (Lipinski definition) is 3. The standard InChI is InChI=1S/C10H16N2O/c1-6-3-4-8(9(11)5-6)10(12)7(2)13/h3-5,7,10,13H,11-12H2,1-2H3/t7-,10-/m1/s1. The van der Waals surface area contributed by atoms with Crippen LogP contribution in [-0.2, 0) is 0 Å². The molecule has 0 saturated heterocycles. The van der Waals surface area contributed by atoms with Crippen molar-refractivity contribution < 1.29 is 5.11 Å². The van der Waals surface area contributed by atoms with E-state index in [1.807, 2.05) is 25.1 Å². The summed E-state index contributed by atoms with van der Waals surface area (Å²) in [5.74, 6) is 0. The monoisotopic (exact) mass is 180 g/mol. The molecule has 0 aliphatic heterocycles. The van der Waals surface area contributed by atoms with Crippen molar-refractivity contribution in [2.24, 2.45) is 5.73 Å². The molecule has 3 nitrogen and oxygen atoms in total. The summed E-state index contributed by atoms with van der Waals surface area (Å²) in [7, 11) is 0. The van der Waals surface area contributed by atoms with Gasteiger partial charge in [-0.1, -0.05) is 12.1 Å². The fourth-order valence-electron chi connectivity index (χ4n) is 1.26. The lowest BCUT2D eigenvalue weighted by atomic mass is 10.00. The van der Waals surface area contributed by atoms with E-state index in [0.29, 0.717) is 5.69 Å². The van der Waals surface area contributed by atoms with Gasteiger partial charge in [0.05, 0.1) is 12.1 Å². The fraction of sp³-hybridized carbons (Fsp3) is 0.400. The molecule has 0 radical (unpaired) electrons. The number of hydrogen-bond acceptors (Lipinski definition) is 3. The van der Waals surface area contributed by atoms with Crippen molar-refractivity contribution in [3.8, 4) is 0 Å². The zero-order valence-corrected chi connectivity index (χ0v) is 7.99. The first kappa shape index (κ1) is 10.0. The average Bonchev–Trinajstić information content (AvgIpc) is 2.03. The Kier molecular flexibility index (Phi) is 2.90. The summed E-state index contributed by atoms with van der Waals surface area (Å²) in [6.07, 6.45) is -0.579. The van der Waals surface area contributed by atoms with E-state index in [0.717, 1.165) is 11.1 Å². The van der Waals surface area contributed by atoms with Crippen LogP contribution >= 0.6 is 0 Å². The Hall–Kier alpha value is -1.06. The molecular formula is C10H16N2O. The molecule has 0 aliphatic carbocycles. The number of aliphatic hydroxyl groups excluding tert-OH is 1. The molecule has 1 aromatic rings. The second-order valence-corrected chi connectivity index (χ2v) is 3.40. The zero-order valence-electron chi connectivity index (χ0n) is 7.99. The summed E-state index contributed by atoms with van der Waals surface area (Å²) in [4.78, 5) is 0. The average molecular weight is 180 g/mol. The van der Waals surface area contributed by atoms with Crippen LogP contribution in [-0.4, -0.2) is 11.2 Å². The first-order valence-electron chi connectivity index (χ1n) is 4.32. The molecule has 2 atom stereocenters. The molecule has 0 unspecified atom stereocenters. The lowest BCUT2D eigenvalue weighted by molar-refractivity contribution is 0.164. The quantitative estimate of drug-likeness (QED) is 0.593. The maximum absolute atomic E-state index is 9.29. The molecule has 72 valence electrons. The van der Waals surface area contributed by atoms with Crippen molar-refractivity contribution in [3.63, 3.8) is 0 Å². The normalized spacial score (nSPS) is 15.4. The van der Waals surface area contributed by atoms with Crippen LogP contribution in [0.4, 0.5) is 5.69 Å². The molecule has 0 amide bonds. The van der Waals surface area contributed by atoms with Crippen molar-refractivity contribution in [3.05, 3.63) is 29.3 Å². The van der Waals surface area contributed by atoms with Gasteiger partial charge in [-0.25, -0.2) is 0 Å². The lowest BCUT2D eigenvalue weighted by Gasteiger charge is -2.17. The molecule has 0 bridgehead atoms. The molecule has 13 heavy (non-hydrogen) atoms. The van der Waals surface area contributed by atoms with Crippen molar-refractivity contribution in [1.82, 2.24) is 0 Å². The second-order valence-electron chi connectivity index (χ2n) is 3.40. The van der Waals surface area contributed by atoms with Crippen LogP contribution in [0, 0.1) is 6.92 Å². The van der Waals surface area contributed by atoms with Crippen LogP contribution in [0.25, 0.3) is 0 Å². The predicted octanol–water partition coefficient (Wildman–Crippen LogP) is 0.958. The van der Waals surface area contributed by atoms with E-state index in [4.69, 9.17) is 11.5 Å². The van der Waals surface area contributed by atoms with Gasteiger partial charge in [-0.05, 0) is 31.0 Å². The van der Waals surface area contributed by atoms with Crippen LogP contribution in [0.5, 0.6) is 0 Å². The number of aryl methyl sites for hydroxylation is 1. The highest BCUT2D eigenvalue weighted by molar-refractivity contribution is 5.50. The predicted molar refractivity (Wildman–Crippen MR) is 54.2 cm³/mol. The summed E-state index contributed by atoms with van der Waals surface area (Å²) >= 11 is 0. The minimum absolute atomic E-state index is 0.402. The number of benzene rings is 1. The van der Waals surface area contributed by atoms with Crippen LogP contribution < -0.4 is 11.5 Å². The highest BCUT2D eigenvalue weighted by Gasteiger charge is 2.14. The molecule has 0 heterocycles. The van der Waals surface area contributed by atoms with Gasteiger partial charge in [-0.15, -0.1) is 0 Å². The molecule has 0 aromatic heterocycles. The third-order valence-corrected chi connectivity index (χ3v) is 2.12. The summed E-state index contributed by atoms with van der Waals surface area (Å²) in [5.41, 5.74) is 14.1. The van der Waals surface area contributed by atoms with E-state index in [-0.39, 0.29) is 0 Å². The molecule has 0 fully saturated rings. The topological polar surface area (TPSA) is 72.3 Å². The summed E-state index contributed by atoms with van der Waals surface area (Å²) in [6.45, 7) is 3.62. The third kappa shape index (κ3) is 2.20. The molecule has 1 rings (SSSR count). The fourth-order valence-corrected chi connectivity index (χ4v) is 1.26. The molecule has 0 aliphatic rings. The Bertz CT molecular complexity index is 297. The van der Waals surface area contributed by atoms with Gasteiger partial charge >= 0.3 is 0 Å². The third-order valence-electron chi connectivity index (χ3n) is 2.12. The highest BCUT2D eigenvalue weighted by Crippen LogP contribution is 2.21. The Labute approximate surface area is 78.4 Å². The smallest absolute Gasteiger partial charge is 0.0705 e. The Morgan fingerprint density at radius 3 is 2.46 bits per heavy atom. The summed E-state index contributed by atoms with van der Waals surface area (Å²) < 4.78 is 0. The summed E-state index contributed by atoms with van der Waals surface area (Å²) in [5, 5.41) is 9.29. The maximum Gasteiger partial charge on any atom is 0.0705 e. The maximum atomic E-state index is 9.29. The second kappa shape index (κ2) is 3.77. The number of aliphatic hydroxyl groups is 1. The molecule has 0 saturated carbocycles. The number of nitrogen functional groups attached to an aromatic ring is 1. The van der Waals surface area contributed by atoms with Gasteiger partial charge in [-0.2, -0.15) is 0 Å². The number of anilines is 1. The summed E-state index contributed by atoms with van der Waals surface area (Å²) in [6, 6.07) is 5.26. The molecule has 1 aromatic carbocycles. The molecule has 3 heteroatoms. The largest absolute Gasteiger partial charge is 0.398 e. The van der Waals surface area contributed by atoms with Gasteiger partial charge in [0.15, 0.2) is 0 Å². The minimum Gasteiger partial charge on any atom is -0.398 e. The SMILES string of the molecule is Cc1ccc([C@H](N)[C@@H](C)O)c(N)c1. The number of rotatable bonds is 2. The van der Waals surface area contributed by atoms with Crippen LogP contribution in [0.3, 0.4) is 0 Å². The van der Waals surface area contributed by atoms with Crippen molar-refractivity contribution in [2.45, 2.75) is 26.0 Å². The van der Waals surface area contributed by atoms with Crippen molar-refractivity contribution in [1.29, 1.82) is 0 Å².